The van der Waals surface area contributed by atoms with Gasteiger partial charge in [0.1, 0.15) is 11.7 Å². The van der Waals surface area contributed by atoms with Gasteiger partial charge < -0.3 is 0 Å². The Morgan fingerprint density at radius 2 is 1.60 bits per heavy atom. The van der Waals surface area contributed by atoms with Gasteiger partial charge in [0.2, 0.25) is 5.91 Å². The van der Waals surface area contributed by atoms with Crippen LogP contribution in [0.4, 0.5) is 15.8 Å². The van der Waals surface area contributed by atoms with E-state index in [0.29, 0.717) is 22.0 Å². The molecule has 0 aromatic heterocycles. The minimum absolute atomic E-state index is 0.293. The summed E-state index contributed by atoms with van der Waals surface area (Å²) in [5, 5.41) is 1.82. The van der Waals surface area contributed by atoms with Crippen LogP contribution in [0.25, 0.3) is 0 Å². The van der Waals surface area contributed by atoms with E-state index in [4.69, 9.17) is 16.4 Å². The maximum Gasteiger partial charge on any atom is 0.266 e. The van der Waals surface area contributed by atoms with Crippen LogP contribution in [0.15, 0.2) is 78.9 Å². The highest BCUT2D eigenvalue weighted by Gasteiger charge is 2.60. The quantitative estimate of drug-likeness (QED) is 0.582. The highest BCUT2D eigenvalue weighted by atomic mass is 35.5. The Bertz CT molecular complexity index is 1140. The third-order valence-corrected chi connectivity index (χ3v) is 5.73. The van der Waals surface area contributed by atoms with Crippen LogP contribution >= 0.6 is 11.6 Å². The number of carbonyl (C=O) groups excluding carboxylic acids is 2. The lowest BCUT2D eigenvalue weighted by atomic mass is 9.90. The molecule has 0 N–H and O–H groups in total. The molecule has 2 aliphatic heterocycles. The van der Waals surface area contributed by atoms with Crippen LogP contribution < -0.4 is 9.96 Å². The van der Waals surface area contributed by atoms with Crippen LogP contribution in [0.1, 0.15) is 11.6 Å². The van der Waals surface area contributed by atoms with Crippen molar-refractivity contribution in [2.45, 2.75) is 12.1 Å². The molecule has 5 rings (SSSR count). The Hall–Kier alpha value is -3.22. The van der Waals surface area contributed by atoms with E-state index in [2.05, 4.69) is 0 Å². The van der Waals surface area contributed by atoms with Crippen LogP contribution in [-0.2, 0) is 14.4 Å². The molecule has 30 heavy (non-hydrogen) atoms. The zero-order chi connectivity index (χ0) is 20.8. The smallest absolute Gasteiger partial charge is 0.266 e. The zero-order valence-corrected chi connectivity index (χ0v) is 16.4. The van der Waals surface area contributed by atoms with Gasteiger partial charge in [-0.15, -0.1) is 0 Å². The second kappa shape index (κ2) is 7.23. The average molecular weight is 423 g/mol. The van der Waals surface area contributed by atoms with Gasteiger partial charge in [0, 0.05) is 0 Å². The number of nitrogens with zero attached hydrogens (tertiary/aromatic N) is 2. The minimum Gasteiger partial charge on any atom is -0.273 e. The average Bonchev–Trinajstić information content (AvgIpc) is 3.26. The third kappa shape index (κ3) is 2.88. The summed E-state index contributed by atoms with van der Waals surface area (Å²) in [5.41, 5.74) is 1.54. The maximum atomic E-state index is 14.0. The highest BCUT2D eigenvalue weighted by molar-refractivity contribution is 6.36. The lowest BCUT2D eigenvalue weighted by Crippen LogP contribution is -2.37. The van der Waals surface area contributed by atoms with Crippen molar-refractivity contribution in [3.8, 4) is 0 Å². The first-order valence-corrected chi connectivity index (χ1v) is 9.83. The number of halogens is 2. The van der Waals surface area contributed by atoms with Gasteiger partial charge in [-0.05, 0) is 42.0 Å². The third-order valence-electron chi connectivity index (χ3n) is 5.41. The lowest BCUT2D eigenvalue weighted by Gasteiger charge is -2.29. The number of benzene rings is 3. The molecule has 0 radical (unpaired) electrons. The van der Waals surface area contributed by atoms with Crippen molar-refractivity contribution in [2.24, 2.45) is 5.92 Å². The topological polar surface area (TPSA) is 49.9 Å². The molecule has 150 valence electrons. The van der Waals surface area contributed by atoms with Gasteiger partial charge in [-0.3, -0.25) is 14.4 Å². The summed E-state index contributed by atoms with van der Waals surface area (Å²) in [4.78, 5) is 33.7. The van der Waals surface area contributed by atoms with E-state index < -0.39 is 35.7 Å². The van der Waals surface area contributed by atoms with Crippen molar-refractivity contribution in [3.63, 3.8) is 0 Å². The lowest BCUT2D eigenvalue weighted by molar-refractivity contribution is -0.126. The molecule has 3 aromatic carbocycles. The standard InChI is InChI=1S/C23H16ClFN2O3/c24-17-11-4-5-12-18(17)26-22(28)19-20(14-7-6-8-15(25)13-14)27(30-21(19)23(26)29)16-9-2-1-3-10-16/h1-13,19-21H/t19-,20-,21-/m1/s1. The number of imide groups is 1. The van der Waals surface area contributed by atoms with Crippen LogP contribution in [-0.4, -0.2) is 17.9 Å². The number of fused-ring (bicyclic) bond motifs is 1. The summed E-state index contributed by atoms with van der Waals surface area (Å²) in [6.07, 6.45) is -1.03. The Morgan fingerprint density at radius 1 is 0.867 bits per heavy atom. The van der Waals surface area contributed by atoms with Gasteiger partial charge in [-0.1, -0.05) is 54.1 Å². The summed E-state index contributed by atoms with van der Waals surface area (Å²) < 4.78 is 14.0. The fourth-order valence-electron chi connectivity index (χ4n) is 4.11. The van der Waals surface area contributed by atoms with E-state index in [1.165, 1.54) is 17.2 Å². The molecule has 3 atom stereocenters. The second-order valence-corrected chi connectivity index (χ2v) is 7.58. The Kier molecular flexibility index (Phi) is 4.53. The first-order valence-electron chi connectivity index (χ1n) is 9.45. The number of rotatable bonds is 3. The Balaban J connectivity index is 1.61. The predicted molar refractivity (Wildman–Crippen MR) is 110 cm³/mol. The maximum absolute atomic E-state index is 14.0. The molecule has 0 unspecified atom stereocenters. The second-order valence-electron chi connectivity index (χ2n) is 7.18. The fraction of sp³-hybridized carbons (Fsp3) is 0.130. The van der Waals surface area contributed by atoms with Crippen molar-refractivity contribution in [1.82, 2.24) is 0 Å². The van der Waals surface area contributed by atoms with Crippen LogP contribution in [0.5, 0.6) is 0 Å². The highest BCUT2D eigenvalue weighted by Crippen LogP contribution is 2.48. The van der Waals surface area contributed by atoms with Gasteiger partial charge in [0.15, 0.2) is 6.10 Å². The van der Waals surface area contributed by atoms with Crippen molar-refractivity contribution in [3.05, 3.63) is 95.3 Å². The van der Waals surface area contributed by atoms with E-state index in [0.717, 1.165) is 4.90 Å². The first kappa shape index (κ1) is 18.8. The first-order chi connectivity index (χ1) is 14.6. The number of amides is 2. The molecule has 2 aliphatic rings. The molecule has 0 spiro atoms. The Labute approximate surface area is 177 Å². The van der Waals surface area contributed by atoms with E-state index in [1.54, 1.807) is 36.4 Å². The van der Waals surface area contributed by atoms with E-state index in [9.17, 15) is 14.0 Å². The minimum atomic E-state index is -1.03. The van der Waals surface area contributed by atoms with E-state index in [-0.39, 0.29) is 0 Å². The summed E-state index contributed by atoms with van der Waals surface area (Å²) in [7, 11) is 0. The van der Waals surface area contributed by atoms with Gasteiger partial charge >= 0.3 is 0 Å². The molecule has 2 fully saturated rings. The number of anilines is 2. The largest absolute Gasteiger partial charge is 0.273 e. The molecule has 2 saturated heterocycles. The number of carbonyl (C=O) groups is 2. The normalized spacial score (nSPS) is 23.2. The summed E-state index contributed by atoms with van der Waals surface area (Å²) in [5.74, 6) is -2.18. The molecule has 2 amide bonds. The van der Waals surface area contributed by atoms with Crippen molar-refractivity contribution in [2.75, 3.05) is 9.96 Å². The molecule has 2 heterocycles. The van der Waals surface area contributed by atoms with Crippen LogP contribution in [0.2, 0.25) is 5.02 Å². The SMILES string of the molecule is O=C1[C@@H]2[C@@H](c3cccc(F)c3)N(c3ccccc3)O[C@H]2C(=O)N1c1ccccc1Cl. The molecule has 0 saturated carbocycles. The van der Waals surface area contributed by atoms with Gasteiger partial charge in [-0.2, -0.15) is 0 Å². The molecular formula is C23H16ClFN2O3. The van der Waals surface area contributed by atoms with Crippen molar-refractivity contribution in [1.29, 1.82) is 0 Å². The van der Waals surface area contributed by atoms with Crippen molar-refractivity contribution < 1.29 is 18.8 Å². The zero-order valence-electron chi connectivity index (χ0n) is 15.6. The van der Waals surface area contributed by atoms with Gasteiger partial charge in [-0.25, -0.2) is 14.4 Å². The van der Waals surface area contributed by atoms with Gasteiger partial charge in [0.25, 0.3) is 5.91 Å². The number of hydrogen-bond donors (Lipinski definition) is 0. The summed E-state index contributed by atoms with van der Waals surface area (Å²) in [6, 6.07) is 21.1. The predicted octanol–water partition coefficient (Wildman–Crippen LogP) is 4.53. The molecule has 7 heteroatoms. The number of para-hydroxylation sites is 2. The molecular weight excluding hydrogens is 407 g/mol. The van der Waals surface area contributed by atoms with Crippen LogP contribution in [0, 0.1) is 11.7 Å². The van der Waals surface area contributed by atoms with E-state index >= 15 is 0 Å². The molecule has 0 aliphatic carbocycles. The van der Waals surface area contributed by atoms with Crippen LogP contribution in [0.3, 0.4) is 0 Å². The van der Waals surface area contributed by atoms with Crippen molar-refractivity contribution >= 4 is 34.8 Å². The molecule has 0 bridgehead atoms. The van der Waals surface area contributed by atoms with E-state index in [1.807, 2.05) is 30.3 Å². The molecule has 3 aromatic rings. The van der Waals surface area contributed by atoms with Gasteiger partial charge in [0.05, 0.1) is 22.4 Å². The Morgan fingerprint density at radius 3 is 2.33 bits per heavy atom. The summed E-state index contributed by atoms with van der Waals surface area (Å²) in [6.45, 7) is 0. The summed E-state index contributed by atoms with van der Waals surface area (Å²) >= 11 is 6.24. The number of hydroxylamine groups is 1. The monoisotopic (exact) mass is 422 g/mol. The fourth-order valence-corrected chi connectivity index (χ4v) is 4.33. The molecule has 5 nitrogen and oxygen atoms in total. The number of hydrogen-bond acceptors (Lipinski definition) is 4.